The predicted molar refractivity (Wildman–Crippen MR) is 110 cm³/mol. The molecule has 3 aliphatic rings. The molecule has 0 saturated carbocycles. The van der Waals surface area contributed by atoms with E-state index in [4.69, 9.17) is 9.47 Å². The molecular formula is C22H36N2O5. The zero-order chi connectivity index (χ0) is 23.0. The number of hydrogen-bond acceptors (Lipinski definition) is 5. The zero-order valence-corrected chi connectivity index (χ0v) is 19.9. The van der Waals surface area contributed by atoms with Crippen molar-refractivity contribution in [1.29, 1.82) is 0 Å². The zero-order valence-electron chi connectivity index (χ0n) is 19.9. The summed E-state index contributed by atoms with van der Waals surface area (Å²) in [7, 11) is 0. The van der Waals surface area contributed by atoms with Gasteiger partial charge in [0.05, 0.1) is 11.0 Å². The Hall–Kier alpha value is -2.05. The normalized spacial score (nSPS) is 29.3. The molecule has 2 aliphatic heterocycles. The van der Waals surface area contributed by atoms with E-state index in [0.717, 1.165) is 11.1 Å². The molecule has 29 heavy (non-hydrogen) atoms. The number of ether oxygens (including phenoxy) is 2. The van der Waals surface area contributed by atoms with Gasteiger partial charge in [-0.2, -0.15) is 5.01 Å². The van der Waals surface area contributed by atoms with Crippen LogP contribution in [-0.2, 0) is 14.3 Å². The first-order valence-corrected chi connectivity index (χ1v) is 10.0. The summed E-state index contributed by atoms with van der Waals surface area (Å²) < 4.78 is 11.3. The van der Waals surface area contributed by atoms with Gasteiger partial charge in [0.25, 0.3) is 0 Å². The highest BCUT2D eigenvalue weighted by Gasteiger charge is 2.73. The lowest BCUT2D eigenvalue weighted by molar-refractivity contribution is -0.204. The average molecular weight is 409 g/mol. The molecule has 164 valence electrons. The maximum absolute atomic E-state index is 13.7. The monoisotopic (exact) mass is 408 g/mol. The van der Waals surface area contributed by atoms with Crippen LogP contribution in [0.1, 0.15) is 83.1 Å². The molecule has 1 fully saturated rings. The van der Waals surface area contributed by atoms with E-state index < -0.39 is 39.9 Å². The molecule has 0 aromatic carbocycles. The van der Waals surface area contributed by atoms with Gasteiger partial charge < -0.3 is 9.47 Å². The number of ketones is 1. The summed E-state index contributed by atoms with van der Waals surface area (Å²) in [5.74, 6) is -0.138. The van der Waals surface area contributed by atoms with Gasteiger partial charge in [0, 0.05) is 0 Å². The van der Waals surface area contributed by atoms with Crippen LogP contribution in [0.2, 0.25) is 0 Å². The number of nitrogens with zero attached hydrogens (tertiary/aromatic N) is 2. The minimum absolute atomic E-state index is 0.138. The van der Waals surface area contributed by atoms with Gasteiger partial charge in [0.15, 0.2) is 5.78 Å². The van der Waals surface area contributed by atoms with Crippen molar-refractivity contribution in [1.82, 2.24) is 10.0 Å². The van der Waals surface area contributed by atoms with E-state index in [1.54, 1.807) is 48.5 Å². The van der Waals surface area contributed by atoms with Gasteiger partial charge in [-0.1, -0.05) is 13.8 Å². The van der Waals surface area contributed by atoms with Crippen molar-refractivity contribution in [2.45, 2.75) is 105 Å². The summed E-state index contributed by atoms with van der Waals surface area (Å²) >= 11 is 0. The molecule has 1 saturated heterocycles. The fraction of sp³-hybridized carbons (Fsp3) is 0.773. The van der Waals surface area contributed by atoms with Crippen LogP contribution in [0.4, 0.5) is 9.59 Å². The van der Waals surface area contributed by atoms with E-state index in [0.29, 0.717) is 0 Å². The number of amides is 2. The fourth-order valence-corrected chi connectivity index (χ4v) is 4.42. The van der Waals surface area contributed by atoms with Gasteiger partial charge in [-0.25, -0.2) is 14.6 Å². The molecule has 7 heteroatoms. The van der Waals surface area contributed by atoms with E-state index in [9.17, 15) is 14.4 Å². The lowest BCUT2D eigenvalue weighted by Gasteiger charge is -2.67. The molecule has 0 radical (unpaired) electrons. The van der Waals surface area contributed by atoms with E-state index in [2.05, 4.69) is 0 Å². The van der Waals surface area contributed by atoms with Crippen LogP contribution in [0.3, 0.4) is 0 Å². The van der Waals surface area contributed by atoms with Crippen LogP contribution in [0.5, 0.6) is 0 Å². The topological polar surface area (TPSA) is 76.2 Å². The number of carbonyl (C=O) groups is 3. The largest absolute Gasteiger partial charge is 0.442 e. The van der Waals surface area contributed by atoms with Gasteiger partial charge >= 0.3 is 12.2 Å². The van der Waals surface area contributed by atoms with Gasteiger partial charge in [-0.15, -0.1) is 0 Å². The van der Waals surface area contributed by atoms with Crippen LogP contribution < -0.4 is 0 Å². The molecule has 0 spiro atoms. The van der Waals surface area contributed by atoms with Crippen LogP contribution in [0.25, 0.3) is 0 Å². The van der Waals surface area contributed by atoms with Gasteiger partial charge in [-0.05, 0) is 80.4 Å². The van der Waals surface area contributed by atoms with E-state index >= 15 is 0 Å². The first-order valence-electron chi connectivity index (χ1n) is 10.0. The number of fused-ring (bicyclic) bond motifs is 2. The molecular weight excluding hydrogens is 372 g/mol. The first-order chi connectivity index (χ1) is 12.7. The highest BCUT2D eigenvalue weighted by molar-refractivity contribution is 6.04. The Kier molecular flexibility index (Phi) is 4.98. The number of carbonyl (C=O) groups excluding carboxylic acids is 3. The summed E-state index contributed by atoms with van der Waals surface area (Å²) in [6, 6.07) is 0. The SMILES string of the molecule is CC1=C(C)[C@]2(C)N(C(=O)OC(C)(C)C)N(C(=O)OC(C)(C)C)[C@]1(C)C(=O)C2(C)C. The molecule has 0 N–H and O–H groups in total. The van der Waals surface area contributed by atoms with Gasteiger partial charge in [0.1, 0.15) is 16.7 Å². The number of hydrazine groups is 1. The van der Waals surface area contributed by atoms with Crippen LogP contribution in [0.15, 0.2) is 11.1 Å². The minimum Gasteiger partial charge on any atom is -0.442 e. The van der Waals surface area contributed by atoms with Crippen molar-refractivity contribution < 1.29 is 23.9 Å². The van der Waals surface area contributed by atoms with Crippen molar-refractivity contribution in [2.75, 3.05) is 0 Å². The van der Waals surface area contributed by atoms with E-state index in [1.807, 2.05) is 34.6 Å². The number of Topliss-reactive ketones (excluding diaryl/α,β-unsaturated/α-hetero) is 1. The molecule has 2 bridgehead atoms. The standard InChI is InChI=1S/C22H36N2O5/c1-13-14(2)22(12)20(9,10)15(25)21(13,11)23(16(26)28-18(3,4)5)24(22)17(27)29-19(6,7)8/h1-12H3/t21-,22-/m0/s1. The molecule has 1 aliphatic carbocycles. The second-order valence-corrected chi connectivity index (χ2v) is 10.9. The Morgan fingerprint density at radius 2 is 1.14 bits per heavy atom. The summed E-state index contributed by atoms with van der Waals surface area (Å²) in [6.07, 6.45) is -1.45. The molecule has 7 nitrogen and oxygen atoms in total. The third-order valence-electron chi connectivity index (χ3n) is 6.43. The van der Waals surface area contributed by atoms with Crippen molar-refractivity contribution in [3.63, 3.8) is 0 Å². The molecule has 2 amide bonds. The quantitative estimate of drug-likeness (QED) is 0.536. The predicted octanol–water partition coefficient (Wildman–Crippen LogP) is 4.85. The van der Waals surface area contributed by atoms with E-state index in [1.165, 1.54) is 10.0 Å². The number of hydrogen-bond donors (Lipinski definition) is 0. The van der Waals surface area contributed by atoms with Crippen LogP contribution in [0, 0.1) is 5.41 Å². The maximum atomic E-state index is 13.7. The van der Waals surface area contributed by atoms with E-state index in [-0.39, 0.29) is 5.78 Å². The first kappa shape index (κ1) is 23.2. The van der Waals surface area contributed by atoms with Crippen LogP contribution in [-0.4, -0.2) is 50.3 Å². The number of rotatable bonds is 0. The second kappa shape index (κ2) is 6.22. The van der Waals surface area contributed by atoms with Crippen molar-refractivity contribution in [2.24, 2.45) is 5.41 Å². The molecule has 2 atom stereocenters. The summed E-state index contributed by atoms with van der Waals surface area (Å²) in [5, 5.41) is 2.47. The Labute approximate surface area is 174 Å². The third-order valence-corrected chi connectivity index (χ3v) is 6.43. The average Bonchev–Trinajstić information content (AvgIpc) is 2.50. The van der Waals surface area contributed by atoms with Crippen molar-refractivity contribution in [3.8, 4) is 0 Å². The van der Waals surface area contributed by atoms with Gasteiger partial charge in [0.2, 0.25) is 0 Å². The highest BCUT2D eigenvalue weighted by atomic mass is 16.6. The second-order valence-electron chi connectivity index (χ2n) is 10.9. The summed E-state index contributed by atoms with van der Waals surface area (Å²) in [5.41, 5.74) is -3.34. The lowest BCUT2D eigenvalue weighted by Crippen LogP contribution is -2.84. The van der Waals surface area contributed by atoms with Crippen LogP contribution >= 0.6 is 0 Å². The Bertz CT molecular complexity index is 799. The minimum atomic E-state index is -1.36. The Balaban J connectivity index is 2.81. The molecule has 2 heterocycles. The smallest absolute Gasteiger partial charge is 0.430 e. The summed E-state index contributed by atoms with van der Waals surface area (Å²) in [6.45, 7) is 21.4. The Morgan fingerprint density at radius 1 is 0.759 bits per heavy atom. The molecule has 0 unspecified atom stereocenters. The van der Waals surface area contributed by atoms with Crippen molar-refractivity contribution in [3.05, 3.63) is 11.1 Å². The fourth-order valence-electron chi connectivity index (χ4n) is 4.42. The summed E-state index contributed by atoms with van der Waals surface area (Å²) in [4.78, 5) is 40.4. The highest BCUT2D eigenvalue weighted by Crippen LogP contribution is 2.58. The molecule has 0 aromatic heterocycles. The maximum Gasteiger partial charge on any atom is 0.430 e. The molecule has 0 aromatic rings. The lowest BCUT2D eigenvalue weighted by atomic mass is 9.53. The van der Waals surface area contributed by atoms with Crippen molar-refractivity contribution >= 4 is 18.0 Å². The Morgan fingerprint density at radius 3 is 1.52 bits per heavy atom. The van der Waals surface area contributed by atoms with Gasteiger partial charge in [-0.3, -0.25) is 4.79 Å². The molecule has 3 rings (SSSR count). The third kappa shape index (κ3) is 3.13.